The molecule has 7 nitrogen and oxygen atoms in total. The number of benzene rings is 2. The molecule has 0 unspecified atom stereocenters. The second-order valence-electron chi connectivity index (χ2n) is 6.65. The number of rotatable bonds is 9. The van der Waals surface area contributed by atoms with Crippen LogP contribution in [0.1, 0.15) is 18.9 Å². The Labute approximate surface area is 170 Å². The Kier molecular flexibility index (Phi) is 6.72. The van der Waals surface area contributed by atoms with Crippen molar-refractivity contribution in [2.24, 2.45) is 0 Å². The van der Waals surface area contributed by atoms with E-state index >= 15 is 0 Å². The molecule has 3 rings (SSSR count). The Hall–Kier alpha value is -3.06. The van der Waals surface area contributed by atoms with Crippen LogP contribution in [-0.4, -0.2) is 45.2 Å². The molecule has 2 amide bonds. The van der Waals surface area contributed by atoms with Gasteiger partial charge in [-0.15, -0.1) is 0 Å². The molecule has 0 saturated carbocycles. The smallest absolute Gasteiger partial charge is 0.251 e. The number of carbonyl (C=O) groups excluding carboxylic acids is 2. The van der Waals surface area contributed by atoms with Crippen LogP contribution in [0.25, 0.3) is 0 Å². The van der Waals surface area contributed by atoms with Crippen molar-refractivity contribution in [1.29, 1.82) is 0 Å². The number of nitrogens with one attached hydrogen (secondary N) is 1. The van der Waals surface area contributed by atoms with E-state index in [1.54, 1.807) is 38.5 Å². The first-order valence-corrected chi connectivity index (χ1v) is 9.61. The molecule has 1 N–H and O–H groups in total. The molecule has 0 aliphatic carbocycles. The van der Waals surface area contributed by atoms with E-state index in [9.17, 15) is 9.59 Å². The molecule has 0 aromatic heterocycles. The molecule has 0 radical (unpaired) electrons. The summed E-state index contributed by atoms with van der Waals surface area (Å²) >= 11 is 0. The maximum atomic E-state index is 12.8. The summed E-state index contributed by atoms with van der Waals surface area (Å²) in [6.45, 7) is 2.97. The molecule has 1 saturated heterocycles. The second-order valence-corrected chi connectivity index (χ2v) is 6.65. The fourth-order valence-electron chi connectivity index (χ4n) is 3.37. The SMILES string of the molecule is CCOc1cccc(N2C(=O)C[C@@H](NCCc3ccc(OC)c(OC)c3)C2=O)c1. The molecule has 0 bridgehead atoms. The van der Waals surface area contributed by atoms with Crippen LogP contribution in [0.5, 0.6) is 17.2 Å². The van der Waals surface area contributed by atoms with Crippen LogP contribution in [0.4, 0.5) is 5.69 Å². The average Bonchev–Trinajstić information content (AvgIpc) is 3.01. The Morgan fingerprint density at radius 2 is 1.86 bits per heavy atom. The van der Waals surface area contributed by atoms with Gasteiger partial charge in [0, 0.05) is 6.07 Å². The highest BCUT2D eigenvalue weighted by atomic mass is 16.5. The molecule has 154 valence electrons. The predicted molar refractivity (Wildman–Crippen MR) is 110 cm³/mol. The minimum Gasteiger partial charge on any atom is -0.494 e. The van der Waals surface area contributed by atoms with Crippen molar-refractivity contribution in [3.8, 4) is 17.2 Å². The van der Waals surface area contributed by atoms with Crippen molar-refractivity contribution < 1.29 is 23.8 Å². The van der Waals surface area contributed by atoms with Crippen LogP contribution in [0.3, 0.4) is 0 Å². The van der Waals surface area contributed by atoms with Crippen molar-refractivity contribution in [1.82, 2.24) is 5.32 Å². The van der Waals surface area contributed by atoms with Gasteiger partial charge in [0.1, 0.15) is 5.75 Å². The molecule has 1 aliphatic heterocycles. The molecule has 0 spiro atoms. The Morgan fingerprint density at radius 1 is 1.07 bits per heavy atom. The normalized spacial score (nSPS) is 16.2. The van der Waals surface area contributed by atoms with Gasteiger partial charge in [0.15, 0.2) is 11.5 Å². The van der Waals surface area contributed by atoms with Gasteiger partial charge in [0.2, 0.25) is 5.91 Å². The number of carbonyl (C=O) groups is 2. The topological polar surface area (TPSA) is 77.1 Å². The van der Waals surface area contributed by atoms with E-state index < -0.39 is 6.04 Å². The molecular weight excluding hydrogens is 372 g/mol. The lowest BCUT2D eigenvalue weighted by Gasteiger charge is -2.16. The van der Waals surface area contributed by atoms with Crippen molar-refractivity contribution in [2.45, 2.75) is 25.8 Å². The van der Waals surface area contributed by atoms with E-state index in [2.05, 4.69) is 5.32 Å². The van der Waals surface area contributed by atoms with Crippen LogP contribution >= 0.6 is 0 Å². The van der Waals surface area contributed by atoms with Crippen molar-refractivity contribution in [2.75, 3.05) is 32.3 Å². The Morgan fingerprint density at radius 3 is 2.59 bits per heavy atom. The fraction of sp³-hybridized carbons (Fsp3) is 0.364. The number of nitrogens with zero attached hydrogens (tertiary/aromatic N) is 1. The van der Waals surface area contributed by atoms with Crippen molar-refractivity contribution >= 4 is 17.5 Å². The molecule has 2 aromatic carbocycles. The highest BCUT2D eigenvalue weighted by molar-refractivity contribution is 6.22. The number of ether oxygens (including phenoxy) is 3. The van der Waals surface area contributed by atoms with Crippen LogP contribution in [0.2, 0.25) is 0 Å². The van der Waals surface area contributed by atoms with E-state index in [4.69, 9.17) is 14.2 Å². The van der Waals surface area contributed by atoms with Crippen molar-refractivity contribution in [3.63, 3.8) is 0 Å². The van der Waals surface area contributed by atoms with E-state index in [1.807, 2.05) is 25.1 Å². The zero-order valence-electron chi connectivity index (χ0n) is 16.9. The van der Waals surface area contributed by atoms with Crippen molar-refractivity contribution in [3.05, 3.63) is 48.0 Å². The molecule has 1 heterocycles. The van der Waals surface area contributed by atoms with Gasteiger partial charge in [0.25, 0.3) is 5.91 Å². The highest BCUT2D eigenvalue weighted by Crippen LogP contribution is 2.28. The second kappa shape index (κ2) is 9.43. The van der Waals surface area contributed by atoms with Crippen LogP contribution < -0.4 is 24.4 Å². The third kappa shape index (κ3) is 4.68. The van der Waals surface area contributed by atoms with Gasteiger partial charge in [-0.3, -0.25) is 9.59 Å². The largest absolute Gasteiger partial charge is 0.494 e. The number of hydrogen-bond donors (Lipinski definition) is 1. The average molecular weight is 398 g/mol. The molecule has 1 atom stereocenters. The van der Waals surface area contributed by atoms with Gasteiger partial charge < -0.3 is 19.5 Å². The van der Waals surface area contributed by atoms with E-state index in [0.29, 0.717) is 42.5 Å². The van der Waals surface area contributed by atoms with Gasteiger partial charge >= 0.3 is 0 Å². The summed E-state index contributed by atoms with van der Waals surface area (Å²) in [5.74, 6) is 1.52. The van der Waals surface area contributed by atoms with Gasteiger partial charge in [-0.2, -0.15) is 0 Å². The molecule has 29 heavy (non-hydrogen) atoms. The van der Waals surface area contributed by atoms with Crippen LogP contribution in [-0.2, 0) is 16.0 Å². The predicted octanol–water partition coefficient (Wildman–Crippen LogP) is 2.57. The third-order valence-corrected chi connectivity index (χ3v) is 4.79. The van der Waals surface area contributed by atoms with E-state index in [0.717, 1.165) is 5.56 Å². The molecule has 2 aromatic rings. The monoisotopic (exact) mass is 398 g/mol. The summed E-state index contributed by atoms with van der Waals surface area (Å²) in [6, 6.07) is 12.2. The number of hydrogen-bond acceptors (Lipinski definition) is 6. The lowest BCUT2D eigenvalue weighted by atomic mass is 10.1. The Bertz CT molecular complexity index is 883. The maximum Gasteiger partial charge on any atom is 0.251 e. The zero-order chi connectivity index (χ0) is 20.8. The third-order valence-electron chi connectivity index (χ3n) is 4.79. The van der Waals surface area contributed by atoms with E-state index in [-0.39, 0.29) is 18.2 Å². The zero-order valence-corrected chi connectivity index (χ0v) is 16.9. The number of methoxy groups -OCH3 is 2. The quantitative estimate of drug-likeness (QED) is 0.654. The molecular formula is C22H26N2O5. The van der Waals surface area contributed by atoms with Gasteiger partial charge in [0.05, 0.1) is 39.0 Å². The van der Waals surface area contributed by atoms with Gasteiger partial charge in [-0.25, -0.2) is 4.90 Å². The first-order valence-electron chi connectivity index (χ1n) is 9.61. The number of amides is 2. The number of imide groups is 1. The first kappa shape index (κ1) is 20.7. The van der Waals surface area contributed by atoms with E-state index in [1.165, 1.54) is 4.90 Å². The molecule has 1 fully saturated rings. The minimum absolute atomic E-state index is 0.142. The summed E-state index contributed by atoms with van der Waals surface area (Å²) < 4.78 is 16.0. The summed E-state index contributed by atoms with van der Waals surface area (Å²) in [5.41, 5.74) is 1.59. The lowest BCUT2D eigenvalue weighted by molar-refractivity contribution is -0.121. The maximum absolute atomic E-state index is 12.8. The summed E-state index contributed by atoms with van der Waals surface area (Å²) in [4.78, 5) is 26.5. The first-order chi connectivity index (χ1) is 14.1. The summed E-state index contributed by atoms with van der Waals surface area (Å²) in [6.07, 6.45) is 0.835. The minimum atomic E-state index is -0.529. The fourth-order valence-corrected chi connectivity index (χ4v) is 3.37. The summed E-state index contributed by atoms with van der Waals surface area (Å²) in [5, 5.41) is 3.20. The Balaban J connectivity index is 1.61. The standard InChI is InChI=1S/C22H26N2O5/c1-4-29-17-7-5-6-16(13-17)24-21(25)14-18(22(24)26)23-11-10-15-8-9-19(27-2)20(12-15)28-3/h5-9,12-13,18,23H,4,10-11,14H2,1-3H3/t18-/m1/s1. The van der Waals surface area contributed by atoms with Gasteiger partial charge in [-0.05, 0) is 49.7 Å². The lowest BCUT2D eigenvalue weighted by Crippen LogP contribution is -2.39. The van der Waals surface area contributed by atoms with Crippen LogP contribution in [0.15, 0.2) is 42.5 Å². The van der Waals surface area contributed by atoms with Gasteiger partial charge in [-0.1, -0.05) is 12.1 Å². The molecule has 7 heteroatoms. The highest BCUT2D eigenvalue weighted by Gasteiger charge is 2.39. The summed E-state index contributed by atoms with van der Waals surface area (Å²) in [7, 11) is 3.19. The molecule has 1 aliphatic rings. The van der Waals surface area contributed by atoms with Crippen LogP contribution in [0, 0.1) is 0 Å². The number of anilines is 1.